The van der Waals surface area contributed by atoms with Crippen molar-refractivity contribution in [3.8, 4) is 0 Å². The summed E-state index contributed by atoms with van der Waals surface area (Å²) in [4.78, 5) is 0. The van der Waals surface area contributed by atoms with Crippen LogP contribution in [0.1, 0.15) is 30.5 Å². The molecule has 1 aromatic carbocycles. The van der Waals surface area contributed by atoms with Gasteiger partial charge in [-0.25, -0.2) is 8.78 Å². The van der Waals surface area contributed by atoms with Gasteiger partial charge in [0.1, 0.15) is 11.6 Å². The van der Waals surface area contributed by atoms with Crippen molar-refractivity contribution in [2.45, 2.75) is 26.3 Å². The average Bonchev–Trinajstić information content (AvgIpc) is 2.88. The maximum Gasteiger partial charge on any atom is 0.130 e. The fraction of sp³-hybridized carbons (Fsp3) is 0.500. The van der Waals surface area contributed by atoms with E-state index in [9.17, 15) is 8.78 Å². The van der Waals surface area contributed by atoms with Crippen LogP contribution in [0, 0.1) is 30.4 Å². The molecule has 1 aromatic rings. The lowest BCUT2D eigenvalue weighted by molar-refractivity contribution is 0.522. The number of hydrogen-bond acceptors (Lipinski definition) is 1. The second-order valence-corrected chi connectivity index (χ2v) is 4.53. The number of halogens is 2. The van der Waals surface area contributed by atoms with Gasteiger partial charge in [-0.1, -0.05) is 6.92 Å². The molecule has 0 spiro atoms. The first-order chi connectivity index (χ1) is 7.00. The Morgan fingerprint density at radius 1 is 1.33 bits per heavy atom. The number of nitrogens with two attached hydrogens (primary N) is 1. The van der Waals surface area contributed by atoms with Crippen LogP contribution in [0.15, 0.2) is 12.1 Å². The van der Waals surface area contributed by atoms with Gasteiger partial charge in [0, 0.05) is 17.7 Å². The molecule has 1 aliphatic carbocycles. The Labute approximate surface area is 88.3 Å². The molecule has 0 saturated heterocycles. The Balaban J connectivity index is 2.31. The summed E-state index contributed by atoms with van der Waals surface area (Å²) in [6.45, 7) is 3.72. The Bertz CT molecular complexity index is 389. The summed E-state index contributed by atoms with van der Waals surface area (Å²) in [5, 5.41) is 0. The topological polar surface area (TPSA) is 26.0 Å². The zero-order valence-corrected chi connectivity index (χ0v) is 8.93. The van der Waals surface area contributed by atoms with Crippen LogP contribution < -0.4 is 5.73 Å². The molecule has 0 aromatic heterocycles. The van der Waals surface area contributed by atoms with E-state index in [4.69, 9.17) is 5.73 Å². The molecule has 0 bridgehead atoms. The molecule has 1 saturated carbocycles. The van der Waals surface area contributed by atoms with Crippen molar-refractivity contribution in [1.29, 1.82) is 0 Å². The van der Waals surface area contributed by atoms with Crippen molar-refractivity contribution in [3.63, 3.8) is 0 Å². The zero-order chi connectivity index (χ0) is 11.2. The van der Waals surface area contributed by atoms with E-state index in [1.165, 1.54) is 6.07 Å². The van der Waals surface area contributed by atoms with Gasteiger partial charge in [-0.05, 0) is 36.8 Å². The number of rotatable bonds is 2. The predicted octanol–water partition coefficient (Wildman–Crippen LogP) is 2.93. The van der Waals surface area contributed by atoms with Crippen molar-refractivity contribution in [3.05, 3.63) is 34.9 Å². The molecule has 3 heteroatoms. The molecular weight excluding hydrogens is 196 g/mol. The van der Waals surface area contributed by atoms with Gasteiger partial charge in [0.15, 0.2) is 0 Å². The van der Waals surface area contributed by atoms with Gasteiger partial charge in [-0.15, -0.1) is 0 Å². The minimum Gasteiger partial charge on any atom is -0.324 e. The summed E-state index contributed by atoms with van der Waals surface area (Å²) in [7, 11) is 0. The van der Waals surface area contributed by atoms with Crippen LogP contribution in [0.25, 0.3) is 0 Å². The first kappa shape index (κ1) is 10.6. The highest BCUT2D eigenvalue weighted by atomic mass is 19.1. The molecule has 1 nitrogen and oxygen atoms in total. The summed E-state index contributed by atoms with van der Waals surface area (Å²) in [5.41, 5.74) is 6.85. The monoisotopic (exact) mass is 211 g/mol. The molecule has 1 fully saturated rings. The van der Waals surface area contributed by atoms with E-state index >= 15 is 0 Å². The Morgan fingerprint density at radius 3 is 2.47 bits per heavy atom. The molecule has 0 radical (unpaired) electrons. The summed E-state index contributed by atoms with van der Waals surface area (Å²) >= 11 is 0. The summed E-state index contributed by atoms with van der Waals surface area (Å²) in [5.74, 6) is -0.119. The van der Waals surface area contributed by atoms with Crippen molar-refractivity contribution >= 4 is 0 Å². The summed E-state index contributed by atoms with van der Waals surface area (Å²) < 4.78 is 26.5. The van der Waals surface area contributed by atoms with Crippen molar-refractivity contribution < 1.29 is 8.78 Å². The maximum absolute atomic E-state index is 13.5. The van der Waals surface area contributed by atoms with E-state index in [0.717, 1.165) is 12.5 Å². The fourth-order valence-electron chi connectivity index (χ4n) is 2.02. The quantitative estimate of drug-likeness (QED) is 0.799. The Hall–Kier alpha value is -0.960. The van der Waals surface area contributed by atoms with E-state index in [-0.39, 0.29) is 6.04 Å². The fourth-order valence-corrected chi connectivity index (χ4v) is 2.02. The molecule has 82 valence electrons. The second kappa shape index (κ2) is 3.56. The molecule has 1 aliphatic rings. The van der Waals surface area contributed by atoms with Gasteiger partial charge in [0.25, 0.3) is 0 Å². The van der Waals surface area contributed by atoms with Crippen LogP contribution in [0.5, 0.6) is 0 Å². The van der Waals surface area contributed by atoms with Crippen LogP contribution in [0.3, 0.4) is 0 Å². The smallest absolute Gasteiger partial charge is 0.130 e. The third kappa shape index (κ3) is 1.88. The first-order valence-corrected chi connectivity index (χ1v) is 5.22. The highest BCUT2D eigenvalue weighted by molar-refractivity contribution is 5.29. The second-order valence-electron chi connectivity index (χ2n) is 4.53. The molecule has 0 heterocycles. The number of hydrogen-bond donors (Lipinski definition) is 1. The van der Waals surface area contributed by atoms with Gasteiger partial charge in [-0.2, -0.15) is 0 Å². The highest BCUT2D eigenvalue weighted by Crippen LogP contribution is 2.46. The molecule has 2 rings (SSSR count). The predicted molar refractivity (Wildman–Crippen MR) is 55.3 cm³/mol. The van der Waals surface area contributed by atoms with Crippen LogP contribution in [0.4, 0.5) is 8.78 Å². The largest absolute Gasteiger partial charge is 0.324 e. The van der Waals surface area contributed by atoms with Gasteiger partial charge >= 0.3 is 0 Å². The van der Waals surface area contributed by atoms with Crippen LogP contribution in [-0.2, 0) is 0 Å². The van der Waals surface area contributed by atoms with E-state index in [1.807, 2.05) is 0 Å². The van der Waals surface area contributed by atoms with Crippen molar-refractivity contribution in [2.75, 3.05) is 0 Å². The lowest BCUT2D eigenvalue weighted by Gasteiger charge is -2.13. The molecular formula is C12H15F2N. The maximum atomic E-state index is 13.5. The van der Waals surface area contributed by atoms with Gasteiger partial charge in [-0.3, -0.25) is 0 Å². The van der Waals surface area contributed by atoms with Crippen molar-refractivity contribution in [2.24, 2.45) is 17.6 Å². The summed E-state index contributed by atoms with van der Waals surface area (Å²) in [6.07, 6.45) is 1.04. The standard InChI is InChI=1S/C12H15F2N/c1-6-3-8(6)12(15)9-4-7(2)10(13)5-11(9)14/h4-6,8,12H,3,15H2,1-2H3. The number of aryl methyl sites for hydroxylation is 1. The SMILES string of the molecule is Cc1cc(C(N)C2CC2C)c(F)cc1F. The molecule has 3 unspecified atom stereocenters. The van der Waals surface area contributed by atoms with Crippen LogP contribution >= 0.6 is 0 Å². The highest BCUT2D eigenvalue weighted by Gasteiger charge is 2.39. The Kier molecular flexibility index (Phi) is 2.51. The lowest BCUT2D eigenvalue weighted by Crippen LogP contribution is -2.15. The minimum atomic E-state index is -0.523. The van der Waals surface area contributed by atoms with Crippen LogP contribution in [-0.4, -0.2) is 0 Å². The van der Waals surface area contributed by atoms with E-state index < -0.39 is 11.6 Å². The average molecular weight is 211 g/mol. The zero-order valence-electron chi connectivity index (χ0n) is 8.93. The van der Waals surface area contributed by atoms with Crippen molar-refractivity contribution in [1.82, 2.24) is 0 Å². The van der Waals surface area contributed by atoms with E-state index in [1.54, 1.807) is 6.92 Å². The third-order valence-electron chi connectivity index (χ3n) is 3.27. The van der Waals surface area contributed by atoms with Crippen LogP contribution in [0.2, 0.25) is 0 Å². The molecule has 15 heavy (non-hydrogen) atoms. The molecule has 0 aliphatic heterocycles. The normalized spacial score (nSPS) is 26.5. The number of benzene rings is 1. The van der Waals surface area contributed by atoms with E-state index in [2.05, 4.69) is 6.92 Å². The van der Waals surface area contributed by atoms with E-state index in [0.29, 0.717) is 23.0 Å². The summed E-state index contributed by atoms with van der Waals surface area (Å²) in [6, 6.07) is 2.16. The van der Waals surface area contributed by atoms with Gasteiger partial charge in [0.2, 0.25) is 0 Å². The molecule has 0 amide bonds. The Morgan fingerprint density at radius 2 is 1.93 bits per heavy atom. The third-order valence-corrected chi connectivity index (χ3v) is 3.27. The molecule has 3 atom stereocenters. The minimum absolute atomic E-state index is 0.292. The van der Waals surface area contributed by atoms with Gasteiger partial charge in [0.05, 0.1) is 0 Å². The lowest BCUT2D eigenvalue weighted by atomic mass is 9.99. The van der Waals surface area contributed by atoms with Gasteiger partial charge < -0.3 is 5.73 Å². The molecule has 2 N–H and O–H groups in total. The first-order valence-electron chi connectivity index (χ1n) is 5.22.